The van der Waals surface area contributed by atoms with Gasteiger partial charge in [-0.1, -0.05) is 0 Å². The van der Waals surface area contributed by atoms with Crippen LogP contribution >= 0.6 is 11.3 Å². The number of rotatable bonds is 6. The van der Waals surface area contributed by atoms with E-state index in [0.717, 1.165) is 30.3 Å². The SMILES string of the molecule is CN=C/C=C(\N)CC1CCCN(Cc2cnc(NC)s2)C1. The highest BCUT2D eigenvalue weighted by molar-refractivity contribution is 7.15. The topological polar surface area (TPSA) is 66.5 Å². The minimum Gasteiger partial charge on any atom is -0.402 e. The van der Waals surface area contributed by atoms with Crippen LogP contribution < -0.4 is 11.1 Å². The molecule has 1 saturated heterocycles. The summed E-state index contributed by atoms with van der Waals surface area (Å²) < 4.78 is 0. The molecule has 1 aromatic heterocycles. The summed E-state index contributed by atoms with van der Waals surface area (Å²) in [5, 5.41) is 4.08. The van der Waals surface area contributed by atoms with Crippen LogP contribution in [0.3, 0.4) is 0 Å². The van der Waals surface area contributed by atoms with Gasteiger partial charge in [-0.3, -0.25) is 9.89 Å². The first kappa shape index (κ1) is 16.0. The van der Waals surface area contributed by atoms with Gasteiger partial charge in [0.05, 0.1) is 0 Å². The summed E-state index contributed by atoms with van der Waals surface area (Å²) in [6, 6.07) is 0. The highest BCUT2D eigenvalue weighted by Gasteiger charge is 2.20. The minimum atomic E-state index is 0.650. The molecule has 0 aliphatic carbocycles. The van der Waals surface area contributed by atoms with E-state index in [2.05, 4.69) is 20.2 Å². The number of nitrogens with zero attached hydrogens (tertiary/aromatic N) is 3. The molecule has 0 bridgehead atoms. The van der Waals surface area contributed by atoms with Crippen LogP contribution in [0.25, 0.3) is 0 Å². The van der Waals surface area contributed by atoms with Gasteiger partial charge >= 0.3 is 0 Å². The van der Waals surface area contributed by atoms with E-state index in [0.29, 0.717) is 5.92 Å². The predicted octanol–water partition coefficient (Wildman–Crippen LogP) is 2.33. The number of allylic oxidation sites excluding steroid dienone is 2. The summed E-state index contributed by atoms with van der Waals surface area (Å²) >= 11 is 1.74. The Balaban J connectivity index is 1.85. The summed E-state index contributed by atoms with van der Waals surface area (Å²) in [4.78, 5) is 12.1. The Morgan fingerprint density at radius 1 is 1.67 bits per heavy atom. The molecule has 1 aromatic rings. The van der Waals surface area contributed by atoms with Crippen molar-refractivity contribution in [3.63, 3.8) is 0 Å². The van der Waals surface area contributed by atoms with Gasteiger partial charge in [-0.05, 0) is 37.8 Å². The quantitative estimate of drug-likeness (QED) is 0.792. The fourth-order valence-electron chi connectivity index (χ4n) is 2.75. The number of nitrogens with two attached hydrogens (primary N) is 1. The number of piperidine rings is 1. The smallest absolute Gasteiger partial charge is 0.182 e. The molecular formula is C15H25N5S. The van der Waals surface area contributed by atoms with Gasteiger partial charge in [0.2, 0.25) is 0 Å². The Labute approximate surface area is 131 Å². The normalized spacial score (nSPS) is 21.0. The van der Waals surface area contributed by atoms with E-state index in [9.17, 15) is 0 Å². The largest absolute Gasteiger partial charge is 0.402 e. The molecule has 1 unspecified atom stereocenters. The third-order valence-corrected chi connectivity index (χ3v) is 4.71. The number of thiazole rings is 1. The van der Waals surface area contributed by atoms with Gasteiger partial charge in [-0.15, -0.1) is 11.3 Å². The average molecular weight is 307 g/mol. The first-order valence-corrected chi connectivity index (χ1v) is 8.24. The van der Waals surface area contributed by atoms with Crippen molar-refractivity contribution in [3.05, 3.63) is 22.8 Å². The molecule has 0 aromatic carbocycles. The van der Waals surface area contributed by atoms with E-state index in [1.807, 2.05) is 19.3 Å². The molecule has 0 saturated carbocycles. The van der Waals surface area contributed by atoms with Gasteiger partial charge in [0, 0.05) is 50.2 Å². The minimum absolute atomic E-state index is 0.650. The Hall–Kier alpha value is -1.40. The molecule has 0 spiro atoms. The maximum atomic E-state index is 6.05. The lowest BCUT2D eigenvalue weighted by Gasteiger charge is -2.32. The van der Waals surface area contributed by atoms with Gasteiger partial charge in [0.25, 0.3) is 0 Å². The fraction of sp³-hybridized carbons (Fsp3) is 0.600. The van der Waals surface area contributed by atoms with Gasteiger partial charge in [0.15, 0.2) is 5.13 Å². The van der Waals surface area contributed by atoms with E-state index in [-0.39, 0.29) is 0 Å². The Morgan fingerprint density at radius 3 is 3.24 bits per heavy atom. The molecule has 1 fully saturated rings. The van der Waals surface area contributed by atoms with Crippen molar-refractivity contribution in [2.24, 2.45) is 16.6 Å². The lowest BCUT2D eigenvalue weighted by atomic mass is 9.93. The number of likely N-dealkylation sites (tertiary alicyclic amines) is 1. The molecule has 21 heavy (non-hydrogen) atoms. The molecule has 116 valence electrons. The van der Waals surface area contributed by atoms with Gasteiger partial charge in [-0.25, -0.2) is 4.98 Å². The number of nitrogens with one attached hydrogen (secondary N) is 1. The van der Waals surface area contributed by atoms with Crippen LogP contribution in [0.15, 0.2) is 23.0 Å². The van der Waals surface area contributed by atoms with Crippen molar-refractivity contribution in [1.82, 2.24) is 9.88 Å². The molecule has 1 atom stereocenters. The Morgan fingerprint density at radius 2 is 2.52 bits per heavy atom. The van der Waals surface area contributed by atoms with Gasteiger partial charge in [-0.2, -0.15) is 0 Å². The number of aliphatic imine (C=N–C) groups is 1. The molecular weight excluding hydrogens is 282 g/mol. The van der Waals surface area contributed by atoms with E-state index < -0.39 is 0 Å². The van der Waals surface area contributed by atoms with E-state index in [4.69, 9.17) is 5.73 Å². The summed E-state index contributed by atoms with van der Waals surface area (Å²) in [5.74, 6) is 0.650. The Bertz CT molecular complexity index is 494. The third-order valence-electron chi connectivity index (χ3n) is 3.71. The van der Waals surface area contributed by atoms with Crippen LogP contribution in [0.4, 0.5) is 5.13 Å². The number of hydrogen-bond donors (Lipinski definition) is 2. The molecule has 3 N–H and O–H groups in total. The monoisotopic (exact) mass is 307 g/mol. The molecule has 1 aliphatic rings. The highest BCUT2D eigenvalue weighted by atomic mass is 32.1. The summed E-state index contributed by atoms with van der Waals surface area (Å²) in [6.45, 7) is 3.28. The lowest BCUT2D eigenvalue weighted by Crippen LogP contribution is -2.35. The molecule has 2 rings (SSSR count). The molecule has 0 amide bonds. The van der Waals surface area contributed by atoms with E-state index >= 15 is 0 Å². The third kappa shape index (κ3) is 5.13. The maximum absolute atomic E-state index is 6.05. The zero-order valence-electron chi connectivity index (χ0n) is 12.9. The average Bonchev–Trinajstić information content (AvgIpc) is 2.93. The molecule has 1 aliphatic heterocycles. The second-order valence-electron chi connectivity index (χ2n) is 5.48. The first-order valence-electron chi connectivity index (χ1n) is 7.43. The fourth-order valence-corrected chi connectivity index (χ4v) is 3.56. The van der Waals surface area contributed by atoms with Crippen molar-refractivity contribution in [2.75, 3.05) is 32.5 Å². The van der Waals surface area contributed by atoms with Crippen molar-refractivity contribution < 1.29 is 0 Å². The summed E-state index contributed by atoms with van der Waals surface area (Å²) in [7, 11) is 3.68. The maximum Gasteiger partial charge on any atom is 0.182 e. The second kappa shape index (κ2) is 8.14. The van der Waals surface area contributed by atoms with Gasteiger partial charge in [0.1, 0.15) is 0 Å². The van der Waals surface area contributed by atoms with Crippen molar-refractivity contribution in [2.45, 2.75) is 25.8 Å². The first-order chi connectivity index (χ1) is 10.2. The van der Waals surface area contributed by atoms with Crippen LogP contribution in [0.1, 0.15) is 24.1 Å². The van der Waals surface area contributed by atoms with Crippen LogP contribution in [-0.2, 0) is 6.54 Å². The second-order valence-corrected chi connectivity index (χ2v) is 6.59. The van der Waals surface area contributed by atoms with Crippen LogP contribution in [-0.4, -0.2) is 43.3 Å². The summed E-state index contributed by atoms with van der Waals surface area (Å²) in [5.41, 5.74) is 6.98. The van der Waals surface area contributed by atoms with Crippen molar-refractivity contribution in [3.8, 4) is 0 Å². The number of anilines is 1. The molecule has 5 nitrogen and oxygen atoms in total. The standard InChI is InChI=1S/C15H25N5S/c1-17-6-5-13(16)8-12-4-3-7-20(10-12)11-14-9-19-15(18-2)21-14/h5-6,9,12H,3-4,7-8,10-11,16H2,1-2H3,(H,18,19)/b13-5-,17-6?. The van der Waals surface area contributed by atoms with Crippen molar-refractivity contribution >= 4 is 22.7 Å². The molecule has 0 radical (unpaired) electrons. The Kier molecular flexibility index (Phi) is 6.20. The van der Waals surface area contributed by atoms with Crippen LogP contribution in [0.5, 0.6) is 0 Å². The molecule has 2 heterocycles. The van der Waals surface area contributed by atoms with Crippen LogP contribution in [0.2, 0.25) is 0 Å². The number of hydrogen-bond acceptors (Lipinski definition) is 6. The zero-order chi connectivity index (χ0) is 15.1. The van der Waals surface area contributed by atoms with E-state index in [1.165, 1.54) is 24.3 Å². The molecule has 6 heteroatoms. The highest BCUT2D eigenvalue weighted by Crippen LogP contribution is 2.25. The number of aromatic nitrogens is 1. The van der Waals surface area contributed by atoms with Crippen molar-refractivity contribution in [1.29, 1.82) is 0 Å². The summed E-state index contributed by atoms with van der Waals surface area (Å²) in [6.07, 6.45) is 9.14. The predicted molar refractivity (Wildman–Crippen MR) is 91.0 cm³/mol. The van der Waals surface area contributed by atoms with E-state index in [1.54, 1.807) is 24.6 Å². The lowest BCUT2D eigenvalue weighted by molar-refractivity contribution is 0.168. The van der Waals surface area contributed by atoms with Crippen LogP contribution in [0, 0.1) is 5.92 Å². The van der Waals surface area contributed by atoms with Gasteiger partial charge < -0.3 is 11.1 Å². The zero-order valence-corrected chi connectivity index (χ0v) is 13.7.